The van der Waals surface area contributed by atoms with Crippen molar-refractivity contribution in [2.75, 3.05) is 6.54 Å². The molecular formula is C16H20ClNO. The molecule has 0 spiro atoms. The number of benzene rings is 1. The molecule has 2 rings (SSSR count). The molecule has 0 radical (unpaired) electrons. The van der Waals surface area contributed by atoms with Crippen molar-refractivity contribution in [2.45, 2.75) is 33.2 Å². The van der Waals surface area contributed by atoms with Gasteiger partial charge in [0.25, 0.3) is 0 Å². The van der Waals surface area contributed by atoms with Crippen LogP contribution in [0.3, 0.4) is 0 Å². The maximum absolute atomic E-state index is 5.98. The highest BCUT2D eigenvalue weighted by atomic mass is 35.5. The number of furan rings is 1. The molecule has 2 aromatic rings. The summed E-state index contributed by atoms with van der Waals surface area (Å²) in [6, 6.07) is 10.2. The quantitative estimate of drug-likeness (QED) is 0.835. The lowest BCUT2D eigenvalue weighted by molar-refractivity contribution is 0.438. The zero-order chi connectivity index (χ0) is 13.8. The van der Waals surface area contributed by atoms with E-state index in [-0.39, 0.29) is 6.04 Å². The first-order chi connectivity index (χ1) is 9.11. The average molecular weight is 278 g/mol. The van der Waals surface area contributed by atoms with Crippen LogP contribution in [0.4, 0.5) is 0 Å². The Morgan fingerprint density at radius 2 is 2.05 bits per heavy atom. The van der Waals surface area contributed by atoms with Gasteiger partial charge in [-0.25, -0.2) is 0 Å². The zero-order valence-electron chi connectivity index (χ0n) is 11.7. The van der Waals surface area contributed by atoms with Crippen molar-refractivity contribution in [3.63, 3.8) is 0 Å². The minimum absolute atomic E-state index is 0.237. The summed E-state index contributed by atoms with van der Waals surface area (Å²) in [4.78, 5) is 0. The van der Waals surface area contributed by atoms with Gasteiger partial charge in [-0.3, -0.25) is 0 Å². The fourth-order valence-electron chi connectivity index (χ4n) is 2.10. The largest absolute Gasteiger partial charge is 0.459 e. The van der Waals surface area contributed by atoms with Crippen molar-refractivity contribution in [1.82, 2.24) is 5.32 Å². The Morgan fingerprint density at radius 1 is 1.26 bits per heavy atom. The molecule has 2 nitrogen and oxygen atoms in total. The monoisotopic (exact) mass is 277 g/mol. The predicted molar refractivity (Wildman–Crippen MR) is 80.6 cm³/mol. The van der Waals surface area contributed by atoms with Crippen LogP contribution in [0.5, 0.6) is 0 Å². The molecule has 0 aliphatic rings. The maximum atomic E-state index is 5.98. The standard InChI is InChI=1S/C16H20ClNO/c1-4-9-18-12(3)15-7-8-16(19-15)14-6-5-13(17)10-11(14)2/h5-8,10,12,18H,4,9H2,1-3H3. The number of aryl methyl sites for hydroxylation is 1. The second kappa shape index (κ2) is 6.27. The molecule has 1 unspecified atom stereocenters. The van der Waals surface area contributed by atoms with Crippen molar-refractivity contribution in [3.8, 4) is 11.3 Å². The third-order valence-corrected chi connectivity index (χ3v) is 3.44. The average Bonchev–Trinajstić information content (AvgIpc) is 2.85. The van der Waals surface area contributed by atoms with E-state index in [2.05, 4.69) is 19.2 Å². The van der Waals surface area contributed by atoms with Gasteiger partial charge in [0.15, 0.2) is 0 Å². The summed E-state index contributed by atoms with van der Waals surface area (Å²) in [5, 5.41) is 4.18. The van der Waals surface area contributed by atoms with E-state index in [4.69, 9.17) is 16.0 Å². The van der Waals surface area contributed by atoms with Crippen LogP contribution < -0.4 is 5.32 Å². The molecule has 1 atom stereocenters. The van der Waals surface area contributed by atoms with E-state index in [1.807, 2.05) is 37.3 Å². The van der Waals surface area contributed by atoms with Crippen LogP contribution >= 0.6 is 11.6 Å². The lowest BCUT2D eigenvalue weighted by Gasteiger charge is -2.10. The lowest BCUT2D eigenvalue weighted by atomic mass is 10.1. The van der Waals surface area contributed by atoms with Crippen LogP contribution in [0, 0.1) is 6.92 Å². The van der Waals surface area contributed by atoms with Gasteiger partial charge < -0.3 is 9.73 Å². The summed E-state index contributed by atoms with van der Waals surface area (Å²) in [5.74, 6) is 1.87. The smallest absolute Gasteiger partial charge is 0.134 e. The Morgan fingerprint density at radius 3 is 2.74 bits per heavy atom. The molecule has 102 valence electrons. The molecule has 0 saturated heterocycles. The number of rotatable bonds is 5. The maximum Gasteiger partial charge on any atom is 0.134 e. The normalized spacial score (nSPS) is 12.6. The van der Waals surface area contributed by atoms with E-state index in [0.29, 0.717) is 0 Å². The molecule has 1 aromatic heterocycles. The number of hydrogen-bond donors (Lipinski definition) is 1. The molecule has 0 aliphatic carbocycles. The molecule has 1 heterocycles. The first kappa shape index (κ1) is 14.2. The Labute approximate surface area is 119 Å². The predicted octanol–water partition coefficient (Wildman–Crippen LogP) is 4.97. The van der Waals surface area contributed by atoms with Crippen LogP contribution in [0.15, 0.2) is 34.7 Å². The molecule has 1 aromatic carbocycles. The molecule has 1 N–H and O–H groups in total. The van der Waals surface area contributed by atoms with E-state index in [1.165, 1.54) is 0 Å². The Balaban J connectivity index is 2.20. The van der Waals surface area contributed by atoms with Gasteiger partial charge in [-0.05, 0) is 62.7 Å². The van der Waals surface area contributed by atoms with Crippen LogP contribution in [0.25, 0.3) is 11.3 Å². The van der Waals surface area contributed by atoms with Crippen molar-refractivity contribution in [3.05, 3.63) is 46.7 Å². The zero-order valence-corrected chi connectivity index (χ0v) is 12.4. The van der Waals surface area contributed by atoms with Crippen LogP contribution in [-0.4, -0.2) is 6.54 Å². The van der Waals surface area contributed by atoms with Crippen molar-refractivity contribution < 1.29 is 4.42 Å². The first-order valence-corrected chi connectivity index (χ1v) is 7.09. The van der Waals surface area contributed by atoms with Crippen LogP contribution in [-0.2, 0) is 0 Å². The number of halogens is 1. The molecule has 0 aliphatic heterocycles. The van der Waals surface area contributed by atoms with E-state index >= 15 is 0 Å². The minimum atomic E-state index is 0.237. The Bertz CT molecular complexity index is 547. The van der Waals surface area contributed by atoms with E-state index < -0.39 is 0 Å². The van der Waals surface area contributed by atoms with Gasteiger partial charge in [-0.2, -0.15) is 0 Å². The Hall–Kier alpha value is -1.25. The fourth-order valence-corrected chi connectivity index (χ4v) is 2.32. The highest BCUT2D eigenvalue weighted by Gasteiger charge is 2.12. The summed E-state index contributed by atoms with van der Waals surface area (Å²) < 4.78 is 5.94. The van der Waals surface area contributed by atoms with Gasteiger partial charge in [0.2, 0.25) is 0 Å². The number of nitrogens with one attached hydrogen (secondary N) is 1. The molecule has 0 amide bonds. The van der Waals surface area contributed by atoms with Gasteiger partial charge in [0.1, 0.15) is 11.5 Å². The van der Waals surface area contributed by atoms with Gasteiger partial charge in [-0.15, -0.1) is 0 Å². The molecule has 0 fully saturated rings. The van der Waals surface area contributed by atoms with Crippen LogP contribution in [0.2, 0.25) is 5.02 Å². The highest BCUT2D eigenvalue weighted by molar-refractivity contribution is 6.30. The summed E-state index contributed by atoms with van der Waals surface area (Å²) in [6.07, 6.45) is 1.12. The summed E-state index contributed by atoms with van der Waals surface area (Å²) in [6.45, 7) is 7.32. The minimum Gasteiger partial charge on any atom is -0.459 e. The third-order valence-electron chi connectivity index (χ3n) is 3.21. The van der Waals surface area contributed by atoms with E-state index in [1.54, 1.807) is 0 Å². The number of hydrogen-bond acceptors (Lipinski definition) is 2. The molecular weight excluding hydrogens is 258 g/mol. The summed E-state index contributed by atoms with van der Waals surface area (Å²) in [7, 11) is 0. The molecule has 19 heavy (non-hydrogen) atoms. The SMILES string of the molecule is CCCNC(C)c1ccc(-c2ccc(Cl)cc2C)o1. The topological polar surface area (TPSA) is 25.2 Å². The molecule has 3 heteroatoms. The van der Waals surface area contributed by atoms with Gasteiger partial charge in [0, 0.05) is 10.6 Å². The van der Waals surface area contributed by atoms with Gasteiger partial charge in [0.05, 0.1) is 6.04 Å². The Kier molecular flexibility index (Phi) is 4.67. The van der Waals surface area contributed by atoms with Gasteiger partial charge >= 0.3 is 0 Å². The van der Waals surface area contributed by atoms with Gasteiger partial charge in [-0.1, -0.05) is 18.5 Å². The fraction of sp³-hybridized carbons (Fsp3) is 0.375. The second-order valence-electron chi connectivity index (χ2n) is 4.84. The summed E-state index contributed by atoms with van der Waals surface area (Å²) >= 11 is 5.98. The third kappa shape index (κ3) is 3.40. The molecule has 0 saturated carbocycles. The molecule has 0 bridgehead atoms. The van der Waals surface area contributed by atoms with Crippen molar-refractivity contribution in [2.24, 2.45) is 0 Å². The van der Waals surface area contributed by atoms with Crippen LogP contribution in [0.1, 0.15) is 37.6 Å². The van der Waals surface area contributed by atoms with Crippen molar-refractivity contribution in [1.29, 1.82) is 0 Å². The first-order valence-electron chi connectivity index (χ1n) is 6.71. The summed E-state index contributed by atoms with van der Waals surface area (Å²) in [5.41, 5.74) is 2.22. The van der Waals surface area contributed by atoms with E-state index in [9.17, 15) is 0 Å². The second-order valence-corrected chi connectivity index (χ2v) is 5.27. The van der Waals surface area contributed by atoms with Crippen molar-refractivity contribution >= 4 is 11.6 Å². The highest BCUT2D eigenvalue weighted by Crippen LogP contribution is 2.29. The lowest BCUT2D eigenvalue weighted by Crippen LogP contribution is -2.18. The van der Waals surface area contributed by atoms with E-state index in [0.717, 1.165) is 40.6 Å².